The molecular formula is C31H34N2OSi. The Hall–Kier alpha value is -3.02. The average molecular weight is 479 g/mol. The SMILES string of the molecule is CN(C)Cc1ccccc1[Si]1(c2ccccc2CN(C)C)O[C@@H](c2ccccc2)c2ccccc21. The molecule has 0 radical (unpaired) electrons. The van der Waals surface area contributed by atoms with Crippen LogP contribution in [-0.2, 0) is 17.5 Å². The van der Waals surface area contributed by atoms with E-state index in [-0.39, 0.29) is 6.10 Å². The Morgan fingerprint density at radius 2 is 1.03 bits per heavy atom. The van der Waals surface area contributed by atoms with Crippen molar-refractivity contribution in [3.8, 4) is 0 Å². The van der Waals surface area contributed by atoms with Crippen LogP contribution in [-0.4, -0.2) is 46.3 Å². The molecule has 0 aliphatic carbocycles. The van der Waals surface area contributed by atoms with E-state index < -0.39 is 8.32 Å². The molecular weight excluding hydrogens is 444 g/mol. The third-order valence-electron chi connectivity index (χ3n) is 6.79. The van der Waals surface area contributed by atoms with Crippen LogP contribution in [0.4, 0.5) is 0 Å². The fourth-order valence-corrected chi connectivity index (χ4v) is 10.2. The number of hydrogen-bond donors (Lipinski definition) is 0. The van der Waals surface area contributed by atoms with Crippen molar-refractivity contribution in [1.29, 1.82) is 0 Å². The summed E-state index contributed by atoms with van der Waals surface area (Å²) in [6.07, 6.45) is -0.0844. The molecule has 1 aliphatic rings. The van der Waals surface area contributed by atoms with Gasteiger partial charge in [0.1, 0.15) is 0 Å². The molecule has 0 spiro atoms. The molecule has 1 heterocycles. The van der Waals surface area contributed by atoms with Crippen molar-refractivity contribution in [1.82, 2.24) is 9.80 Å². The van der Waals surface area contributed by atoms with Gasteiger partial charge in [0.25, 0.3) is 8.32 Å². The van der Waals surface area contributed by atoms with Crippen LogP contribution in [0.3, 0.4) is 0 Å². The minimum atomic E-state index is -2.83. The van der Waals surface area contributed by atoms with Gasteiger partial charge >= 0.3 is 0 Å². The van der Waals surface area contributed by atoms with Gasteiger partial charge in [0.2, 0.25) is 0 Å². The van der Waals surface area contributed by atoms with E-state index in [4.69, 9.17) is 4.43 Å². The summed E-state index contributed by atoms with van der Waals surface area (Å²) in [4.78, 5) is 4.50. The van der Waals surface area contributed by atoms with Crippen LogP contribution in [0, 0.1) is 0 Å². The van der Waals surface area contributed by atoms with Gasteiger partial charge in [-0.15, -0.1) is 0 Å². The van der Waals surface area contributed by atoms with Gasteiger partial charge in [-0.2, -0.15) is 0 Å². The van der Waals surface area contributed by atoms with E-state index in [9.17, 15) is 0 Å². The second-order valence-corrected chi connectivity index (χ2v) is 13.2. The molecule has 1 atom stereocenters. The molecule has 35 heavy (non-hydrogen) atoms. The highest BCUT2D eigenvalue weighted by molar-refractivity contribution is 7.08. The van der Waals surface area contributed by atoms with Crippen molar-refractivity contribution in [3.63, 3.8) is 0 Å². The highest BCUT2D eigenvalue weighted by Gasteiger charge is 2.53. The van der Waals surface area contributed by atoms with Gasteiger partial charge < -0.3 is 14.2 Å². The fraction of sp³-hybridized carbons (Fsp3) is 0.226. The van der Waals surface area contributed by atoms with E-state index in [0.717, 1.165) is 13.1 Å². The maximum Gasteiger partial charge on any atom is 0.290 e. The maximum atomic E-state index is 7.52. The lowest BCUT2D eigenvalue weighted by atomic mass is 10.0. The third kappa shape index (κ3) is 4.39. The van der Waals surface area contributed by atoms with Crippen LogP contribution in [0.5, 0.6) is 0 Å². The van der Waals surface area contributed by atoms with Gasteiger partial charge in [-0.05, 0) is 66.0 Å². The van der Waals surface area contributed by atoms with Gasteiger partial charge in [-0.3, -0.25) is 0 Å². The second-order valence-electron chi connectivity index (χ2n) is 9.97. The molecule has 5 rings (SSSR count). The molecule has 1 aliphatic heterocycles. The Balaban J connectivity index is 1.83. The summed E-state index contributed by atoms with van der Waals surface area (Å²) in [6, 6.07) is 37.5. The summed E-state index contributed by atoms with van der Waals surface area (Å²) in [5.74, 6) is 0. The lowest BCUT2D eigenvalue weighted by Gasteiger charge is -2.33. The Bertz CT molecular complexity index is 1250. The van der Waals surface area contributed by atoms with E-state index >= 15 is 0 Å². The summed E-state index contributed by atoms with van der Waals surface area (Å²) >= 11 is 0. The molecule has 0 aromatic heterocycles. The predicted molar refractivity (Wildman–Crippen MR) is 148 cm³/mol. The van der Waals surface area contributed by atoms with Crippen molar-refractivity contribution in [2.75, 3.05) is 28.2 Å². The number of fused-ring (bicyclic) bond motifs is 1. The Morgan fingerprint density at radius 1 is 0.571 bits per heavy atom. The standard InChI is InChI=1S/C31H34N2OSi/c1-32(2)22-25-16-8-11-19-28(25)35(29-20-12-9-17-26(29)23-33(3)4)30-21-13-10-18-27(30)31(34-35)24-14-6-5-7-15-24/h5-21,31H,22-23H2,1-4H3/t31-/m0/s1. The zero-order chi connectivity index (χ0) is 24.4. The largest absolute Gasteiger partial charge is 0.393 e. The molecule has 3 nitrogen and oxygen atoms in total. The highest BCUT2D eigenvalue weighted by atomic mass is 28.4. The molecule has 0 N–H and O–H groups in total. The summed E-state index contributed by atoms with van der Waals surface area (Å²) < 4.78 is 7.52. The zero-order valence-electron chi connectivity index (χ0n) is 21.1. The quantitative estimate of drug-likeness (QED) is 0.375. The first-order valence-corrected chi connectivity index (χ1v) is 14.2. The van der Waals surface area contributed by atoms with Crippen molar-refractivity contribution in [2.45, 2.75) is 19.2 Å². The van der Waals surface area contributed by atoms with Crippen LogP contribution in [0.15, 0.2) is 103 Å². The highest BCUT2D eigenvalue weighted by Crippen LogP contribution is 2.36. The van der Waals surface area contributed by atoms with E-state index in [0.29, 0.717) is 0 Å². The van der Waals surface area contributed by atoms with Crippen molar-refractivity contribution in [2.24, 2.45) is 0 Å². The van der Waals surface area contributed by atoms with E-state index in [1.807, 2.05) is 0 Å². The summed E-state index contributed by atoms with van der Waals surface area (Å²) in [7, 11) is 5.73. The number of nitrogens with zero attached hydrogens (tertiary/aromatic N) is 2. The maximum absolute atomic E-state index is 7.52. The van der Waals surface area contributed by atoms with Gasteiger partial charge in [-0.25, -0.2) is 0 Å². The van der Waals surface area contributed by atoms with E-state index in [1.54, 1.807) is 0 Å². The molecule has 0 saturated heterocycles. The van der Waals surface area contributed by atoms with Gasteiger partial charge in [0.05, 0.1) is 6.10 Å². The molecule has 0 amide bonds. The van der Waals surface area contributed by atoms with Crippen LogP contribution < -0.4 is 15.6 Å². The smallest absolute Gasteiger partial charge is 0.290 e. The van der Waals surface area contributed by atoms with Crippen LogP contribution in [0.25, 0.3) is 0 Å². The molecule has 4 aromatic carbocycles. The second kappa shape index (κ2) is 9.92. The number of rotatable bonds is 7. The molecule has 4 aromatic rings. The normalized spacial score (nSPS) is 16.6. The Kier molecular flexibility index (Phi) is 6.72. The fourth-order valence-electron chi connectivity index (χ4n) is 5.47. The van der Waals surface area contributed by atoms with Crippen LogP contribution >= 0.6 is 0 Å². The molecule has 0 fully saturated rings. The summed E-state index contributed by atoms with van der Waals surface area (Å²) in [5, 5.41) is 4.07. The van der Waals surface area contributed by atoms with Gasteiger partial charge in [-0.1, -0.05) is 103 Å². The molecule has 178 valence electrons. The number of hydrogen-bond acceptors (Lipinski definition) is 3. The Labute approximate surface area is 210 Å². The molecule has 0 saturated carbocycles. The summed E-state index contributed by atoms with van der Waals surface area (Å²) in [5.41, 5.74) is 5.19. The van der Waals surface area contributed by atoms with Gasteiger partial charge in [0, 0.05) is 13.1 Å². The zero-order valence-corrected chi connectivity index (χ0v) is 22.1. The first-order valence-electron chi connectivity index (χ1n) is 12.3. The first-order chi connectivity index (χ1) is 17.0. The van der Waals surface area contributed by atoms with Crippen molar-refractivity contribution >= 4 is 23.9 Å². The topological polar surface area (TPSA) is 15.7 Å². The Morgan fingerprint density at radius 3 is 1.57 bits per heavy atom. The lowest BCUT2D eigenvalue weighted by Crippen LogP contribution is -2.69. The lowest BCUT2D eigenvalue weighted by molar-refractivity contribution is 0.265. The van der Waals surface area contributed by atoms with Crippen LogP contribution in [0.1, 0.15) is 28.4 Å². The monoisotopic (exact) mass is 478 g/mol. The minimum absolute atomic E-state index is 0.0844. The molecule has 0 bridgehead atoms. The van der Waals surface area contributed by atoms with Crippen molar-refractivity contribution in [3.05, 3.63) is 125 Å². The molecule has 0 unspecified atom stereocenters. The molecule has 4 heteroatoms. The average Bonchev–Trinajstić information content (AvgIpc) is 3.21. The minimum Gasteiger partial charge on any atom is -0.393 e. The van der Waals surface area contributed by atoms with Gasteiger partial charge in [0.15, 0.2) is 0 Å². The first kappa shape index (κ1) is 23.7. The van der Waals surface area contributed by atoms with Crippen molar-refractivity contribution < 1.29 is 4.43 Å². The van der Waals surface area contributed by atoms with E-state index in [2.05, 4.69) is 141 Å². The van der Waals surface area contributed by atoms with Crippen LogP contribution in [0.2, 0.25) is 0 Å². The number of benzene rings is 4. The van der Waals surface area contributed by atoms with E-state index in [1.165, 1.54) is 37.8 Å². The summed E-state index contributed by atoms with van der Waals surface area (Å²) in [6.45, 7) is 1.75. The third-order valence-corrected chi connectivity index (χ3v) is 11.1. The predicted octanol–water partition coefficient (Wildman–Crippen LogP) is 3.90.